The van der Waals surface area contributed by atoms with Crippen LogP contribution in [0.15, 0.2) is 0 Å². The van der Waals surface area contributed by atoms with Crippen molar-refractivity contribution in [3.05, 3.63) is 0 Å². The Bertz CT molecular complexity index is 125. The number of nitrogens with one attached hydrogen (secondary N) is 1. The molecule has 1 fully saturated rings. The number of aliphatic hydroxyl groups is 1. The number of rotatable bonds is 1. The van der Waals surface area contributed by atoms with Gasteiger partial charge in [0.25, 0.3) is 0 Å². The summed E-state index contributed by atoms with van der Waals surface area (Å²) in [6.07, 6.45) is -0.167. The van der Waals surface area contributed by atoms with Gasteiger partial charge in [-0.3, -0.25) is 4.79 Å². The molecular formula is C5H9NO3. The summed E-state index contributed by atoms with van der Waals surface area (Å²) in [4.78, 5) is 10.2. The molecule has 1 aliphatic heterocycles. The lowest BCUT2D eigenvalue weighted by Crippen LogP contribution is -2.38. The van der Waals surface area contributed by atoms with Crippen molar-refractivity contribution in [2.75, 3.05) is 6.54 Å². The lowest BCUT2D eigenvalue weighted by atomic mass is 10.3. The van der Waals surface area contributed by atoms with Crippen LogP contribution in [0.1, 0.15) is 6.42 Å². The third kappa shape index (κ3) is 1.20. The Kier molecular flexibility index (Phi) is 1.68. The maximum Gasteiger partial charge on any atom is 0.323 e. The summed E-state index contributed by atoms with van der Waals surface area (Å²) in [6, 6.07) is -0.745. The SMILES string of the molecule is O=[14C](O)[C@H]1NCCC1O. The van der Waals surface area contributed by atoms with Crippen LogP contribution in [0.4, 0.5) is 0 Å². The first-order valence-electron chi connectivity index (χ1n) is 2.86. The van der Waals surface area contributed by atoms with Crippen LogP contribution in [0, 0.1) is 0 Å². The molecule has 0 aliphatic carbocycles. The highest BCUT2D eigenvalue weighted by atomic mass is 16.6. The molecule has 0 bridgehead atoms. The van der Waals surface area contributed by atoms with Gasteiger partial charge in [0, 0.05) is 0 Å². The fourth-order valence-electron chi connectivity index (χ4n) is 0.941. The van der Waals surface area contributed by atoms with Gasteiger partial charge in [0.2, 0.25) is 0 Å². The molecule has 0 aromatic rings. The molecule has 9 heavy (non-hydrogen) atoms. The third-order valence-electron chi connectivity index (χ3n) is 1.46. The highest BCUT2D eigenvalue weighted by Gasteiger charge is 2.30. The van der Waals surface area contributed by atoms with Gasteiger partial charge >= 0.3 is 5.97 Å². The van der Waals surface area contributed by atoms with Gasteiger partial charge in [0.15, 0.2) is 0 Å². The Morgan fingerprint density at radius 1 is 1.67 bits per heavy atom. The molecular weight excluding hydrogens is 124 g/mol. The van der Waals surface area contributed by atoms with E-state index in [9.17, 15) is 4.79 Å². The predicted molar refractivity (Wildman–Crippen MR) is 30.1 cm³/mol. The minimum absolute atomic E-state index is 0.539. The molecule has 0 saturated carbocycles. The van der Waals surface area contributed by atoms with Gasteiger partial charge in [-0.05, 0) is 13.0 Å². The average Bonchev–Trinajstić information content (AvgIpc) is 2.13. The fraction of sp³-hybridized carbons (Fsp3) is 0.800. The molecule has 2 atom stereocenters. The van der Waals surface area contributed by atoms with Crippen molar-refractivity contribution in [2.24, 2.45) is 0 Å². The van der Waals surface area contributed by atoms with Gasteiger partial charge in [-0.15, -0.1) is 0 Å². The molecule has 1 saturated heterocycles. The molecule has 1 aliphatic rings. The van der Waals surface area contributed by atoms with E-state index in [0.717, 1.165) is 0 Å². The molecule has 0 aromatic carbocycles. The van der Waals surface area contributed by atoms with Crippen LogP contribution in [-0.2, 0) is 4.79 Å². The predicted octanol–water partition coefficient (Wildman–Crippen LogP) is -1.21. The molecule has 1 heterocycles. The van der Waals surface area contributed by atoms with Crippen LogP contribution >= 0.6 is 0 Å². The van der Waals surface area contributed by atoms with E-state index in [4.69, 9.17) is 10.2 Å². The number of carbonyl (C=O) groups is 1. The molecule has 0 amide bonds. The Labute approximate surface area is 52.5 Å². The summed E-state index contributed by atoms with van der Waals surface area (Å²) in [5, 5.41) is 19.9. The topological polar surface area (TPSA) is 69.6 Å². The average molecular weight is 133 g/mol. The molecule has 0 spiro atoms. The summed E-state index contributed by atoms with van der Waals surface area (Å²) < 4.78 is 0. The minimum Gasteiger partial charge on any atom is -0.480 e. The second kappa shape index (κ2) is 2.33. The van der Waals surface area contributed by atoms with Crippen molar-refractivity contribution in [1.29, 1.82) is 0 Å². The van der Waals surface area contributed by atoms with Crippen molar-refractivity contribution in [1.82, 2.24) is 5.32 Å². The quantitative estimate of drug-likeness (QED) is 0.420. The van der Waals surface area contributed by atoms with Gasteiger partial charge in [0.1, 0.15) is 6.04 Å². The van der Waals surface area contributed by atoms with Gasteiger partial charge in [-0.2, -0.15) is 0 Å². The van der Waals surface area contributed by atoms with Crippen molar-refractivity contribution in [3.8, 4) is 0 Å². The largest absolute Gasteiger partial charge is 0.480 e. The minimum atomic E-state index is -0.972. The standard InChI is InChI=1S/C5H9NO3/c7-3-1-2-6-4(3)5(8)9/h3-4,6-7H,1-2H2,(H,8,9)/t3?,4-/m0/s1/i5+2. The summed E-state index contributed by atoms with van der Waals surface area (Å²) in [5.74, 6) is -0.972. The van der Waals surface area contributed by atoms with Crippen molar-refractivity contribution in [3.63, 3.8) is 0 Å². The van der Waals surface area contributed by atoms with E-state index in [0.29, 0.717) is 13.0 Å². The Hall–Kier alpha value is -0.610. The van der Waals surface area contributed by atoms with E-state index in [1.165, 1.54) is 0 Å². The summed E-state index contributed by atoms with van der Waals surface area (Å²) in [5.41, 5.74) is 0. The van der Waals surface area contributed by atoms with Gasteiger partial charge < -0.3 is 15.5 Å². The normalized spacial score (nSPS) is 34.8. The number of aliphatic hydroxyl groups excluding tert-OH is 1. The molecule has 0 radical (unpaired) electrons. The second-order valence-corrected chi connectivity index (χ2v) is 2.13. The molecule has 0 aromatic heterocycles. The van der Waals surface area contributed by atoms with E-state index in [-0.39, 0.29) is 0 Å². The highest BCUT2D eigenvalue weighted by molar-refractivity contribution is 5.74. The van der Waals surface area contributed by atoms with Gasteiger partial charge in [0.05, 0.1) is 6.10 Å². The Balaban J connectivity index is 2.49. The zero-order valence-electron chi connectivity index (χ0n) is 4.87. The van der Waals surface area contributed by atoms with E-state index >= 15 is 0 Å². The molecule has 1 rings (SSSR count). The van der Waals surface area contributed by atoms with Crippen LogP contribution in [-0.4, -0.2) is 34.9 Å². The molecule has 1 unspecified atom stereocenters. The van der Waals surface area contributed by atoms with Crippen LogP contribution in [0.2, 0.25) is 0 Å². The third-order valence-corrected chi connectivity index (χ3v) is 1.46. The highest BCUT2D eigenvalue weighted by Crippen LogP contribution is 2.05. The first-order chi connectivity index (χ1) is 4.22. The van der Waals surface area contributed by atoms with Crippen molar-refractivity contribution < 1.29 is 15.0 Å². The lowest BCUT2D eigenvalue weighted by molar-refractivity contribution is -0.141. The smallest absolute Gasteiger partial charge is 0.323 e. The zero-order valence-corrected chi connectivity index (χ0v) is 4.87. The number of carboxylic acid groups (broad SMARTS) is 1. The molecule has 52 valence electrons. The first-order valence-corrected chi connectivity index (χ1v) is 2.86. The zero-order chi connectivity index (χ0) is 6.85. The maximum absolute atomic E-state index is 10.2. The summed E-state index contributed by atoms with van der Waals surface area (Å²) in [7, 11) is 0. The van der Waals surface area contributed by atoms with Crippen LogP contribution < -0.4 is 5.32 Å². The number of carboxylic acids is 1. The van der Waals surface area contributed by atoms with E-state index in [1.807, 2.05) is 0 Å². The van der Waals surface area contributed by atoms with Gasteiger partial charge in [-0.1, -0.05) is 0 Å². The van der Waals surface area contributed by atoms with Crippen LogP contribution in [0.3, 0.4) is 0 Å². The van der Waals surface area contributed by atoms with Crippen molar-refractivity contribution >= 4 is 5.97 Å². The Morgan fingerprint density at radius 3 is 2.56 bits per heavy atom. The van der Waals surface area contributed by atoms with E-state index in [2.05, 4.69) is 5.32 Å². The van der Waals surface area contributed by atoms with Crippen LogP contribution in [0.5, 0.6) is 0 Å². The van der Waals surface area contributed by atoms with E-state index in [1.54, 1.807) is 0 Å². The van der Waals surface area contributed by atoms with Crippen LogP contribution in [0.25, 0.3) is 0 Å². The summed E-state index contributed by atoms with van der Waals surface area (Å²) in [6.45, 7) is 0.595. The molecule has 4 heteroatoms. The molecule has 3 N–H and O–H groups in total. The summed E-state index contributed by atoms with van der Waals surface area (Å²) >= 11 is 0. The fourth-order valence-corrected chi connectivity index (χ4v) is 0.941. The molecule has 4 nitrogen and oxygen atoms in total. The number of aliphatic carboxylic acids is 1. The number of hydrogen-bond donors (Lipinski definition) is 3. The first kappa shape index (κ1) is 6.51. The van der Waals surface area contributed by atoms with Crippen molar-refractivity contribution in [2.45, 2.75) is 18.6 Å². The second-order valence-electron chi connectivity index (χ2n) is 2.13. The van der Waals surface area contributed by atoms with E-state index < -0.39 is 18.1 Å². The van der Waals surface area contributed by atoms with Gasteiger partial charge in [-0.25, -0.2) is 0 Å². The lowest BCUT2D eigenvalue weighted by Gasteiger charge is -2.06. The monoisotopic (exact) mass is 133 g/mol. The number of hydrogen-bond acceptors (Lipinski definition) is 3. The Morgan fingerprint density at radius 2 is 2.33 bits per heavy atom. The maximum atomic E-state index is 10.2.